The molecule has 0 bridgehead atoms. The van der Waals surface area contributed by atoms with Gasteiger partial charge in [-0.1, -0.05) is 47.1 Å². The second-order valence-electron chi connectivity index (χ2n) is 5.83. The summed E-state index contributed by atoms with van der Waals surface area (Å²) in [5.41, 5.74) is 2.32. The summed E-state index contributed by atoms with van der Waals surface area (Å²) in [5, 5.41) is 13.1. The van der Waals surface area contributed by atoms with E-state index in [1.54, 1.807) is 12.1 Å². The van der Waals surface area contributed by atoms with Gasteiger partial charge < -0.3 is 10.4 Å². The first-order chi connectivity index (χ1) is 9.92. The van der Waals surface area contributed by atoms with Crippen LogP contribution < -0.4 is 5.32 Å². The van der Waals surface area contributed by atoms with Crippen LogP contribution in [0, 0.1) is 0 Å². The zero-order chi connectivity index (χ0) is 15.5. The molecule has 0 aliphatic rings. The molecule has 2 nitrogen and oxygen atoms in total. The Balaban J connectivity index is 2.20. The van der Waals surface area contributed by atoms with Gasteiger partial charge in [-0.3, -0.25) is 0 Å². The van der Waals surface area contributed by atoms with Crippen molar-refractivity contribution in [2.45, 2.75) is 38.8 Å². The van der Waals surface area contributed by atoms with Crippen LogP contribution in [0.4, 0.5) is 0 Å². The Hall–Kier alpha value is -1.32. The number of nitrogens with one attached hydrogen (secondary N) is 1. The molecule has 0 aromatic heterocycles. The lowest BCUT2D eigenvalue weighted by atomic mass is 9.91. The minimum absolute atomic E-state index is 0.126. The molecule has 112 valence electrons. The first kappa shape index (κ1) is 16.1. The van der Waals surface area contributed by atoms with Gasteiger partial charge in [-0.05, 0) is 55.7 Å². The van der Waals surface area contributed by atoms with Crippen LogP contribution in [0.5, 0.6) is 5.75 Å². The average molecular weight is 348 g/mol. The molecular formula is C18H22BrNO. The Morgan fingerprint density at radius 3 is 2.14 bits per heavy atom. The number of hydrogen-bond donors (Lipinski definition) is 2. The minimum atomic E-state index is -0.126. The fourth-order valence-corrected chi connectivity index (χ4v) is 2.78. The molecule has 0 fully saturated rings. The van der Waals surface area contributed by atoms with Crippen LogP contribution in [-0.4, -0.2) is 5.11 Å². The molecule has 0 spiro atoms. The van der Waals surface area contributed by atoms with Gasteiger partial charge in [0.25, 0.3) is 0 Å². The van der Waals surface area contributed by atoms with Crippen molar-refractivity contribution in [1.82, 2.24) is 5.32 Å². The monoisotopic (exact) mass is 347 g/mol. The topological polar surface area (TPSA) is 32.3 Å². The van der Waals surface area contributed by atoms with Crippen molar-refractivity contribution in [3.63, 3.8) is 0 Å². The van der Waals surface area contributed by atoms with E-state index >= 15 is 0 Å². The summed E-state index contributed by atoms with van der Waals surface area (Å²) in [4.78, 5) is 0. The molecule has 2 N–H and O–H groups in total. The van der Waals surface area contributed by atoms with Crippen LogP contribution in [0.2, 0.25) is 0 Å². The summed E-state index contributed by atoms with van der Waals surface area (Å²) in [6, 6.07) is 16.1. The number of phenols is 1. The van der Waals surface area contributed by atoms with E-state index < -0.39 is 0 Å². The van der Waals surface area contributed by atoms with Crippen molar-refractivity contribution in [1.29, 1.82) is 0 Å². The van der Waals surface area contributed by atoms with E-state index in [9.17, 15) is 5.11 Å². The van der Waals surface area contributed by atoms with E-state index in [1.165, 1.54) is 11.1 Å². The quantitative estimate of drug-likeness (QED) is 0.785. The molecule has 0 saturated carbocycles. The highest BCUT2D eigenvalue weighted by Gasteiger charge is 2.24. The summed E-state index contributed by atoms with van der Waals surface area (Å²) in [5.74, 6) is 0.306. The molecule has 3 heteroatoms. The number of rotatable bonds is 5. The van der Waals surface area contributed by atoms with Crippen molar-refractivity contribution in [2.24, 2.45) is 0 Å². The van der Waals surface area contributed by atoms with Crippen molar-refractivity contribution in [3.05, 3.63) is 64.1 Å². The molecule has 2 aromatic carbocycles. The van der Waals surface area contributed by atoms with E-state index in [0.717, 1.165) is 10.9 Å². The van der Waals surface area contributed by atoms with Crippen molar-refractivity contribution < 1.29 is 5.11 Å². The van der Waals surface area contributed by atoms with Gasteiger partial charge in [-0.2, -0.15) is 0 Å². The standard InChI is InChI=1S/C18H22BrNO/c1-4-17(13-5-11-16(21)12-6-13)20-18(2,3)14-7-9-15(19)10-8-14/h5-12,17,20-21H,4H2,1-3H3. The van der Waals surface area contributed by atoms with E-state index in [2.05, 4.69) is 66.3 Å². The maximum atomic E-state index is 9.42. The van der Waals surface area contributed by atoms with Crippen molar-refractivity contribution in [3.8, 4) is 5.75 Å². The Morgan fingerprint density at radius 1 is 1.05 bits per heavy atom. The lowest BCUT2D eigenvalue weighted by Crippen LogP contribution is -2.39. The largest absolute Gasteiger partial charge is 0.508 e. The Bertz CT molecular complexity index is 575. The van der Waals surface area contributed by atoms with E-state index in [1.807, 2.05) is 12.1 Å². The first-order valence-electron chi connectivity index (χ1n) is 7.25. The number of aromatic hydroxyl groups is 1. The first-order valence-corrected chi connectivity index (χ1v) is 8.04. The molecule has 0 heterocycles. The summed E-state index contributed by atoms with van der Waals surface area (Å²) in [7, 11) is 0. The maximum Gasteiger partial charge on any atom is 0.115 e. The van der Waals surface area contributed by atoms with E-state index in [4.69, 9.17) is 0 Å². The van der Waals surface area contributed by atoms with Gasteiger partial charge in [-0.15, -0.1) is 0 Å². The maximum absolute atomic E-state index is 9.42. The number of halogens is 1. The lowest BCUT2D eigenvalue weighted by Gasteiger charge is -2.32. The van der Waals surface area contributed by atoms with E-state index in [-0.39, 0.29) is 11.6 Å². The molecule has 0 radical (unpaired) electrons. The van der Waals surface area contributed by atoms with Crippen LogP contribution in [0.15, 0.2) is 53.0 Å². The molecular weight excluding hydrogens is 326 g/mol. The minimum Gasteiger partial charge on any atom is -0.508 e. The molecule has 1 unspecified atom stereocenters. The smallest absolute Gasteiger partial charge is 0.115 e. The second-order valence-corrected chi connectivity index (χ2v) is 6.74. The zero-order valence-corrected chi connectivity index (χ0v) is 14.3. The van der Waals surface area contributed by atoms with Crippen LogP contribution in [-0.2, 0) is 5.54 Å². The molecule has 2 rings (SSSR count). The Kier molecular flexibility index (Phi) is 5.07. The SMILES string of the molecule is CCC(NC(C)(C)c1ccc(Br)cc1)c1ccc(O)cc1. The highest BCUT2D eigenvalue weighted by molar-refractivity contribution is 9.10. The number of benzene rings is 2. The summed E-state index contributed by atoms with van der Waals surface area (Å²) in [6.45, 7) is 6.56. The van der Waals surface area contributed by atoms with Gasteiger partial charge in [0.15, 0.2) is 0 Å². The third-order valence-electron chi connectivity index (χ3n) is 3.80. The predicted molar refractivity (Wildman–Crippen MR) is 91.4 cm³/mol. The third-order valence-corrected chi connectivity index (χ3v) is 4.33. The normalized spacial score (nSPS) is 13.1. The molecule has 2 aromatic rings. The summed E-state index contributed by atoms with van der Waals surface area (Å²) >= 11 is 3.48. The lowest BCUT2D eigenvalue weighted by molar-refractivity contribution is 0.338. The Labute approximate surface area is 135 Å². The van der Waals surface area contributed by atoms with Crippen LogP contribution >= 0.6 is 15.9 Å². The number of hydrogen-bond acceptors (Lipinski definition) is 2. The fraction of sp³-hybridized carbons (Fsp3) is 0.333. The highest BCUT2D eigenvalue weighted by Crippen LogP contribution is 2.28. The van der Waals surface area contributed by atoms with Gasteiger partial charge in [0, 0.05) is 16.1 Å². The molecule has 0 aliphatic heterocycles. The average Bonchev–Trinajstić information content (AvgIpc) is 2.46. The van der Waals surface area contributed by atoms with Crippen LogP contribution in [0.25, 0.3) is 0 Å². The van der Waals surface area contributed by atoms with Gasteiger partial charge in [0.1, 0.15) is 5.75 Å². The molecule has 0 amide bonds. The van der Waals surface area contributed by atoms with Gasteiger partial charge in [-0.25, -0.2) is 0 Å². The van der Waals surface area contributed by atoms with E-state index in [0.29, 0.717) is 5.75 Å². The highest BCUT2D eigenvalue weighted by atomic mass is 79.9. The van der Waals surface area contributed by atoms with Gasteiger partial charge >= 0.3 is 0 Å². The van der Waals surface area contributed by atoms with Gasteiger partial charge in [0.05, 0.1) is 0 Å². The molecule has 0 saturated heterocycles. The summed E-state index contributed by atoms with van der Waals surface area (Å²) < 4.78 is 1.09. The fourth-order valence-electron chi connectivity index (χ4n) is 2.51. The third kappa shape index (κ3) is 4.08. The van der Waals surface area contributed by atoms with Crippen molar-refractivity contribution >= 4 is 15.9 Å². The Morgan fingerprint density at radius 2 is 1.62 bits per heavy atom. The van der Waals surface area contributed by atoms with Gasteiger partial charge in [0.2, 0.25) is 0 Å². The summed E-state index contributed by atoms with van der Waals surface area (Å²) in [6.07, 6.45) is 0.991. The molecule has 0 aliphatic carbocycles. The number of phenolic OH excluding ortho intramolecular Hbond substituents is 1. The van der Waals surface area contributed by atoms with Crippen LogP contribution in [0.1, 0.15) is 44.4 Å². The predicted octanol–water partition coefficient (Wildman–Crippen LogP) is 5.13. The van der Waals surface area contributed by atoms with Crippen molar-refractivity contribution in [2.75, 3.05) is 0 Å². The molecule has 21 heavy (non-hydrogen) atoms. The zero-order valence-electron chi connectivity index (χ0n) is 12.7. The van der Waals surface area contributed by atoms with Crippen LogP contribution in [0.3, 0.4) is 0 Å². The molecule has 1 atom stereocenters. The second kappa shape index (κ2) is 6.63.